The van der Waals surface area contributed by atoms with E-state index in [0.717, 1.165) is 0 Å². The zero-order valence-corrected chi connectivity index (χ0v) is 12.2. The van der Waals surface area contributed by atoms with Crippen LogP contribution in [0.3, 0.4) is 0 Å². The summed E-state index contributed by atoms with van der Waals surface area (Å²) >= 11 is 5.79. The van der Waals surface area contributed by atoms with Crippen LogP contribution in [0.2, 0.25) is 5.04 Å². The summed E-state index contributed by atoms with van der Waals surface area (Å²) in [5.74, 6) is -10.4. The summed E-state index contributed by atoms with van der Waals surface area (Å²) in [6.07, 6.45) is 0. The van der Waals surface area contributed by atoms with Crippen molar-refractivity contribution in [3.63, 3.8) is 0 Å². The standard InChI is InChI=1S/C11H12ClF5Si/c1-4(11(2,3)18-12)5-6(13)8(15)10(17)9(16)7(5)14/h4H,18H2,1-3H3. The van der Waals surface area contributed by atoms with Crippen molar-refractivity contribution in [3.05, 3.63) is 34.6 Å². The second kappa shape index (κ2) is 5.17. The molecule has 0 bridgehead atoms. The summed E-state index contributed by atoms with van der Waals surface area (Å²) in [5.41, 5.74) is -0.787. The average molecular weight is 303 g/mol. The Morgan fingerprint density at radius 3 is 1.56 bits per heavy atom. The van der Waals surface area contributed by atoms with Crippen molar-refractivity contribution in [1.29, 1.82) is 0 Å². The molecule has 1 aromatic rings. The maximum absolute atomic E-state index is 13.6. The highest BCUT2D eigenvalue weighted by Crippen LogP contribution is 2.44. The van der Waals surface area contributed by atoms with E-state index < -0.39 is 54.4 Å². The quantitative estimate of drug-likeness (QED) is 0.260. The first-order chi connectivity index (χ1) is 8.15. The van der Waals surface area contributed by atoms with Gasteiger partial charge in [0.25, 0.3) is 0 Å². The second-order valence-electron chi connectivity index (χ2n) is 4.83. The van der Waals surface area contributed by atoms with Crippen LogP contribution in [0.4, 0.5) is 22.0 Å². The summed E-state index contributed by atoms with van der Waals surface area (Å²) in [5, 5.41) is -0.667. The van der Waals surface area contributed by atoms with E-state index in [9.17, 15) is 22.0 Å². The number of hydrogen-bond acceptors (Lipinski definition) is 0. The molecule has 0 fully saturated rings. The highest BCUT2D eigenvalue weighted by atomic mass is 35.6. The van der Waals surface area contributed by atoms with E-state index in [-0.39, 0.29) is 0 Å². The molecule has 0 saturated heterocycles. The first-order valence-corrected chi connectivity index (χ1v) is 8.07. The van der Waals surface area contributed by atoms with Gasteiger partial charge in [0, 0.05) is 5.56 Å². The molecule has 0 saturated carbocycles. The summed E-state index contributed by atoms with van der Waals surface area (Å²) in [7, 11) is -1.22. The van der Waals surface area contributed by atoms with Gasteiger partial charge in [-0.1, -0.05) is 20.8 Å². The zero-order valence-electron chi connectivity index (χ0n) is 10.1. The molecule has 0 heterocycles. The van der Waals surface area contributed by atoms with Crippen LogP contribution in [0, 0.1) is 29.1 Å². The summed E-state index contributed by atoms with van der Waals surface area (Å²) in [6, 6.07) is 0. The second-order valence-corrected chi connectivity index (χ2v) is 7.72. The Morgan fingerprint density at radius 2 is 1.22 bits per heavy atom. The maximum Gasteiger partial charge on any atom is 0.200 e. The highest BCUT2D eigenvalue weighted by molar-refractivity contribution is 6.95. The monoisotopic (exact) mass is 302 g/mol. The van der Waals surface area contributed by atoms with Crippen molar-refractivity contribution >= 4 is 19.9 Å². The third kappa shape index (κ3) is 2.40. The molecule has 0 aliphatic heterocycles. The van der Waals surface area contributed by atoms with Crippen molar-refractivity contribution in [2.45, 2.75) is 31.7 Å². The minimum Gasteiger partial charge on any atom is -0.203 e. The molecule has 18 heavy (non-hydrogen) atoms. The lowest BCUT2D eigenvalue weighted by Crippen LogP contribution is -2.21. The van der Waals surface area contributed by atoms with Gasteiger partial charge in [-0.05, 0) is 11.0 Å². The Balaban J connectivity index is 3.52. The molecule has 102 valence electrons. The van der Waals surface area contributed by atoms with Gasteiger partial charge in [0.2, 0.25) is 5.82 Å². The number of hydrogen-bond donors (Lipinski definition) is 0. The Morgan fingerprint density at radius 1 is 0.889 bits per heavy atom. The Labute approximate surface area is 109 Å². The molecule has 0 aliphatic carbocycles. The predicted octanol–water partition coefficient (Wildman–Crippen LogP) is 4.01. The van der Waals surface area contributed by atoms with Crippen LogP contribution in [-0.2, 0) is 0 Å². The molecule has 0 amide bonds. The summed E-state index contributed by atoms with van der Waals surface area (Å²) in [4.78, 5) is 0. The van der Waals surface area contributed by atoms with Gasteiger partial charge in [-0.15, -0.1) is 0 Å². The number of halogens is 6. The first-order valence-electron chi connectivity index (χ1n) is 5.22. The Hall–Kier alpha value is -0.623. The van der Waals surface area contributed by atoms with E-state index in [4.69, 9.17) is 11.1 Å². The lowest BCUT2D eigenvalue weighted by Gasteiger charge is -2.30. The number of benzene rings is 1. The van der Waals surface area contributed by atoms with E-state index in [2.05, 4.69) is 0 Å². The third-order valence-corrected chi connectivity index (χ3v) is 6.56. The lowest BCUT2D eigenvalue weighted by molar-refractivity contribution is 0.358. The van der Waals surface area contributed by atoms with Gasteiger partial charge in [0.1, 0.15) is 8.83 Å². The molecule has 0 radical (unpaired) electrons. The molecule has 0 aliphatic rings. The largest absolute Gasteiger partial charge is 0.203 e. The predicted molar refractivity (Wildman–Crippen MR) is 63.1 cm³/mol. The zero-order chi connectivity index (χ0) is 14.2. The van der Waals surface area contributed by atoms with Crippen molar-refractivity contribution in [2.75, 3.05) is 0 Å². The van der Waals surface area contributed by atoms with Crippen molar-refractivity contribution < 1.29 is 22.0 Å². The van der Waals surface area contributed by atoms with E-state index in [1.54, 1.807) is 13.8 Å². The smallest absolute Gasteiger partial charge is 0.200 e. The Kier molecular flexibility index (Phi) is 4.43. The minimum atomic E-state index is -2.14. The third-order valence-electron chi connectivity index (χ3n) is 3.19. The van der Waals surface area contributed by atoms with Gasteiger partial charge in [0.05, 0.1) is 0 Å². The van der Waals surface area contributed by atoms with Crippen molar-refractivity contribution in [2.24, 2.45) is 0 Å². The average Bonchev–Trinajstić information content (AvgIpc) is 2.34. The number of rotatable bonds is 3. The maximum atomic E-state index is 13.6. The molecule has 1 atom stereocenters. The van der Waals surface area contributed by atoms with E-state index in [0.29, 0.717) is 0 Å². The molecular formula is C11H12ClF5Si. The van der Waals surface area contributed by atoms with Crippen LogP contribution in [0.25, 0.3) is 0 Å². The van der Waals surface area contributed by atoms with Crippen LogP contribution < -0.4 is 0 Å². The minimum absolute atomic E-state index is 0.667. The van der Waals surface area contributed by atoms with Gasteiger partial charge >= 0.3 is 0 Å². The van der Waals surface area contributed by atoms with Gasteiger partial charge in [-0.3, -0.25) is 0 Å². The van der Waals surface area contributed by atoms with Crippen molar-refractivity contribution in [1.82, 2.24) is 0 Å². The van der Waals surface area contributed by atoms with Crippen molar-refractivity contribution in [3.8, 4) is 0 Å². The molecule has 1 aromatic carbocycles. The topological polar surface area (TPSA) is 0 Å². The van der Waals surface area contributed by atoms with Gasteiger partial charge in [-0.2, -0.15) is 11.1 Å². The highest BCUT2D eigenvalue weighted by Gasteiger charge is 2.35. The fraction of sp³-hybridized carbons (Fsp3) is 0.455. The van der Waals surface area contributed by atoms with Crippen LogP contribution >= 0.6 is 11.1 Å². The molecule has 1 unspecified atom stereocenters. The van der Waals surface area contributed by atoms with Crippen LogP contribution in [0.15, 0.2) is 0 Å². The molecule has 0 spiro atoms. The summed E-state index contributed by atoms with van der Waals surface area (Å²) in [6.45, 7) is 4.71. The lowest BCUT2D eigenvalue weighted by atomic mass is 9.88. The molecule has 0 aromatic heterocycles. The summed E-state index contributed by atoms with van der Waals surface area (Å²) < 4.78 is 66.2. The Bertz CT molecular complexity index is 446. The SMILES string of the molecule is CC(c1c(F)c(F)c(F)c(F)c1F)C(C)(C)[SiH2]Cl. The molecule has 0 N–H and O–H groups in total. The molecular weight excluding hydrogens is 291 g/mol. The van der Waals surface area contributed by atoms with Gasteiger partial charge in [0.15, 0.2) is 23.3 Å². The van der Waals surface area contributed by atoms with Gasteiger partial charge in [-0.25, -0.2) is 22.0 Å². The fourth-order valence-corrected chi connectivity index (χ4v) is 2.64. The van der Waals surface area contributed by atoms with E-state index in [1.807, 2.05) is 0 Å². The first kappa shape index (κ1) is 15.4. The van der Waals surface area contributed by atoms with E-state index >= 15 is 0 Å². The van der Waals surface area contributed by atoms with Crippen LogP contribution in [-0.4, -0.2) is 8.83 Å². The molecule has 0 nitrogen and oxygen atoms in total. The van der Waals surface area contributed by atoms with E-state index in [1.165, 1.54) is 6.92 Å². The fourth-order valence-electron chi connectivity index (χ4n) is 1.51. The molecule has 1 rings (SSSR count). The van der Waals surface area contributed by atoms with Crippen LogP contribution in [0.1, 0.15) is 32.3 Å². The van der Waals surface area contributed by atoms with Gasteiger partial charge < -0.3 is 0 Å². The normalized spacial score (nSPS) is 14.5. The molecule has 7 heteroatoms. The van der Waals surface area contributed by atoms with Crippen LogP contribution in [0.5, 0.6) is 0 Å².